The lowest BCUT2D eigenvalue weighted by molar-refractivity contribution is -0.137. The normalized spacial score (nSPS) is 11.1. The number of anilines is 1. The maximum atomic E-state index is 12.4. The molecule has 0 bridgehead atoms. The minimum absolute atomic E-state index is 0.00817. The van der Waals surface area contributed by atoms with Gasteiger partial charge in [0.15, 0.2) is 0 Å². The van der Waals surface area contributed by atoms with Crippen molar-refractivity contribution in [1.82, 2.24) is 0 Å². The Labute approximate surface area is 78.8 Å². The zero-order chi connectivity index (χ0) is 10.9. The number of aryl methyl sites for hydroxylation is 1. The first-order valence-electron chi connectivity index (χ1n) is 3.73. The second-order valence-electron chi connectivity index (χ2n) is 2.87. The summed E-state index contributed by atoms with van der Waals surface area (Å²) in [7, 11) is 0. The van der Waals surface area contributed by atoms with E-state index < -0.39 is 11.7 Å². The van der Waals surface area contributed by atoms with Gasteiger partial charge in [-0.3, -0.25) is 0 Å². The molecule has 0 fully saturated rings. The highest BCUT2D eigenvalue weighted by Crippen LogP contribution is 2.34. The van der Waals surface area contributed by atoms with Crippen molar-refractivity contribution in [3.63, 3.8) is 0 Å². The molecule has 0 radical (unpaired) electrons. The Hall–Kier alpha value is -1.70. The minimum Gasteiger partial charge on any atom is -0.399 e. The summed E-state index contributed by atoms with van der Waals surface area (Å²) >= 11 is 0. The molecule has 0 atom stereocenters. The van der Waals surface area contributed by atoms with Crippen LogP contribution in [0.15, 0.2) is 12.1 Å². The lowest BCUT2D eigenvalue weighted by Gasteiger charge is -2.11. The van der Waals surface area contributed by atoms with Gasteiger partial charge in [-0.05, 0) is 24.6 Å². The first-order valence-corrected chi connectivity index (χ1v) is 3.73. The maximum Gasteiger partial charge on any atom is 0.417 e. The smallest absolute Gasteiger partial charge is 0.399 e. The Morgan fingerprint density at radius 2 is 1.93 bits per heavy atom. The highest BCUT2D eigenvalue weighted by molar-refractivity contribution is 5.54. The summed E-state index contributed by atoms with van der Waals surface area (Å²) in [5.74, 6) is 0. The molecule has 1 aromatic rings. The van der Waals surface area contributed by atoms with Crippen LogP contribution in [0.4, 0.5) is 18.9 Å². The van der Waals surface area contributed by atoms with Crippen molar-refractivity contribution in [3.8, 4) is 6.07 Å². The van der Waals surface area contributed by atoms with Crippen LogP contribution in [-0.4, -0.2) is 0 Å². The van der Waals surface area contributed by atoms with Crippen LogP contribution in [0.25, 0.3) is 0 Å². The monoisotopic (exact) mass is 200 g/mol. The molecule has 74 valence electrons. The van der Waals surface area contributed by atoms with E-state index in [-0.39, 0.29) is 16.8 Å². The number of halogens is 3. The molecular formula is C9H7F3N2. The summed E-state index contributed by atoms with van der Waals surface area (Å²) < 4.78 is 37.2. The van der Waals surface area contributed by atoms with E-state index in [4.69, 9.17) is 11.0 Å². The molecular weight excluding hydrogens is 193 g/mol. The number of alkyl halides is 3. The summed E-state index contributed by atoms with van der Waals surface area (Å²) in [4.78, 5) is 0. The van der Waals surface area contributed by atoms with Gasteiger partial charge in [0.25, 0.3) is 0 Å². The van der Waals surface area contributed by atoms with Crippen LogP contribution in [-0.2, 0) is 6.18 Å². The summed E-state index contributed by atoms with van der Waals surface area (Å²) in [5, 5.41) is 8.56. The van der Waals surface area contributed by atoms with Gasteiger partial charge in [0.05, 0.1) is 11.1 Å². The third-order valence-electron chi connectivity index (χ3n) is 1.78. The van der Waals surface area contributed by atoms with Gasteiger partial charge in [-0.2, -0.15) is 18.4 Å². The number of nitrogens with two attached hydrogens (primary N) is 1. The van der Waals surface area contributed by atoms with E-state index in [1.54, 1.807) is 0 Å². The van der Waals surface area contributed by atoms with Crippen molar-refractivity contribution in [2.45, 2.75) is 13.1 Å². The van der Waals surface area contributed by atoms with E-state index in [1.807, 2.05) is 0 Å². The Morgan fingerprint density at radius 3 is 2.36 bits per heavy atom. The second kappa shape index (κ2) is 3.22. The molecule has 0 saturated carbocycles. The molecule has 0 unspecified atom stereocenters. The molecule has 1 rings (SSSR count). The van der Waals surface area contributed by atoms with E-state index in [2.05, 4.69) is 0 Å². The quantitative estimate of drug-likeness (QED) is 0.654. The van der Waals surface area contributed by atoms with Crippen molar-refractivity contribution in [2.24, 2.45) is 0 Å². The second-order valence-corrected chi connectivity index (χ2v) is 2.87. The van der Waals surface area contributed by atoms with Crippen molar-refractivity contribution in [2.75, 3.05) is 5.73 Å². The van der Waals surface area contributed by atoms with Crippen molar-refractivity contribution >= 4 is 5.69 Å². The number of hydrogen-bond donors (Lipinski definition) is 1. The fourth-order valence-electron chi connectivity index (χ4n) is 1.19. The number of hydrogen-bond acceptors (Lipinski definition) is 2. The molecule has 5 heteroatoms. The molecule has 2 nitrogen and oxygen atoms in total. The van der Waals surface area contributed by atoms with Gasteiger partial charge >= 0.3 is 6.18 Å². The maximum absolute atomic E-state index is 12.4. The SMILES string of the molecule is Cc1cc(N)cc(C(F)(F)F)c1C#N. The molecule has 2 N–H and O–H groups in total. The van der Waals surface area contributed by atoms with Crippen LogP contribution < -0.4 is 5.73 Å². The highest BCUT2D eigenvalue weighted by atomic mass is 19.4. The van der Waals surface area contributed by atoms with Crippen molar-refractivity contribution in [1.29, 1.82) is 5.26 Å². The Balaban J connectivity index is 3.50. The Bertz CT molecular complexity index is 402. The first-order chi connectivity index (χ1) is 6.36. The third-order valence-corrected chi connectivity index (χ3v) is 1.78. The number of nitrogens with zero attached hydrogens (tertiary/aromatic N) is 1. The van der Waals surface area contributed by atoms with Crippen LogP contribution >= 0.6 is 0 Å². The van der Waals surface area contributed by atoms with E-state index in [0.29, 0.717) is 0 Å². The summed E-state index contributed by atoms with van der Waals surface area (Å²) in [6, 6.07) is 3.63. The highest BCUT2D eigenvalue weighted by Gasteiger charge is 2.34. The van der Waals surface area contributed by atoms with Crippen molar-refractivity contribution in [3.05, 3.63) is 28.8 Å². The number of nitrogen functional groups attached to an aromatic ring is 1. The molecule has 0 aliphatic rings. The van der Waals surface area contributed by atoms with Crippen LogP contribution in [0.2, 0.25) is 0 Å². The van der Waals surface area contributed by atoms with E-state index in [9.17, 15) is 13.2 Å². The van der Waals surface area contributed by atoms with Crippen LogP contribution in [0.1, 0.15) is 16.7 Å². The standard InChI is InChI=1S/C9H7F3N2/c1-5-2-6(14)3-8(7(5)4-13)9(10,11)12/h2-3H,14H2,1H3. The topological polar surface area (TPSA) is 49.8 Å². The zero-order valence-electron chi connectivity index (χ0n) is 7.31. The third kappa shape index (κ3) is 1.79. The van der Waals surface area contributed by atoms with Gasteiger partial charge < -0.3 is 5.73 Å². The zero-order valence-corrected chi connectivity index (χ0v) is 7.31. The average Bonchev–Trinajstić information content (AvgIpc) is 2.01. The Kier molecular flexibility index (Phi) is 2.39. The van der Waals surface area contributed by atoms with Crippen molar-refractivity contribution < 1.29 is 13.2 Å². The molecule has 0 heterocycles. The molecule has 14 heavy (non-hydrogen) atoms. The molecule has 0 amide bonds. The van der Waals surface area contributed by atoms with Crippen LogP contribution in [0.5, 0.6) is 0 Å². The van der Waals surface area contributed by atoms with Gasteiger partial charge in [-0.25, -0.2) is 0 Å². The first kappa shape index (κ1) is 10.4. The van der Waals surface area contributed by atoms with Gasteiger partial charge in [0.1, 0.15) is 6.07 Å². The predicted molar refractivity (Wildman–Crippen MR) is 45.3 cm³/mol. The molecule has 0 spiro atoms. The van der Waals surface area contributed by atoms with E-state index in [1.165, 1.54) is 19.1 Å². The molecule has 0 aliphatic heterocycles. The number of benzene rings is 1. The van der Waals surface area contributed by atoms with Crippen LogP contribution in [0, 0.1) is 18.3 Å². The van der Waals surface area contributed by atoms with Gasteiger partial charge in [0, 0.05) is 5.69 Å². The lowest BCUT2D eigenvalue weighted by atomic mass is 10.0. The predicted octanol–water partition coefficient (Wildman–Crippen LogP) is 2.47. The average molecular weight is 200 g/mol. The molecule has 0 saturated heterocycles. The van der Waals surface area contributed by atoms with Crippen LogP contribution in [0.3, 0.4) is 0 Å². The molecule has 0 aliphatic carbocycles. The largest absolute Gasteiger partial charge is 0.417 e. The van der Waals surface area contributed by atoms with E-state index in [0.717, 1.165) is 6.07 Å². The van der Waals surface area contributed by atoms with Gasteiger partial charge in [0.2, 0.25) is 0 Å². The van der Waals surface area contributed by atoms with Gasteiger partial charge in [-0.1, -0.05) is 0 Å². The fraction of sp³-hybridized carbons (Fsp3) is 0.222. The number of nitriles is 1. The summed E-state index contributed by atoms with van der Waals surface area (Å²) in [6.45, 7) is 1.42. The van der Waals surface area contributed by atoms with Gasteiger partial charge in [-0.15, -0.1) is 0 Å². The number of rotatable bonds is 0. The summed E-state index contributed by atoms with van der Waals surface area (Å²) in [6.07, 6.45) is -4.54. The Morgan fingerprint density at radius 1 is 1.36 bits per heavy atom. The lowest BCUT2D eigenvalue weighted by Crippen LogP contribution is -2.09. The van der Waals surface area contributed by atoms with E-state index >= 15 is 0 Å². The minimum atomic E-state index is -4.54. The fourth-order valence-corrected chi connectivity index (χ4v) is 1.19. The molecule has 1 aromatic carbocycles. The molecule has 0 aromatic heterocycles. The summed E-state index contributed by atoms with van der Waals surface area (Å²) in [5.41, 5.74) is 4.17.